The van der Waals surface area contributed by atoms with Crippen molar-refractivity contribution in [1.29, 1.82) is 0 Å². The first-order valence-corrected chi connectivity index (χ1v) is 43.5. The van der Waals surface area contributed by atoms with Crippen LogP contribution in [0.25, 0.3) is 0 Å². The van der Waals surface area contributed by atoms with E-state index in [0.29, 0.717) is 32.1 Å². The van der Waals surface area contributed by atoms with E-state index in [-0.39, 0.29) is 25.7 Å². The molecule has 0 radical (unpaired) electrons. The Morgan fingerprint density at radius 3 is 0.843 bits per heavy atom. The van der Waals surface area contributed by atoms with Crippen LogP contribution in [0, 0.1) is 0 Å². The molecule has 5 atom stereocenters. The van der Waals surface area contributed by atoms with E-state index in [1.807, 2.05) is 18.2 Å². The number of phosphoric ester groups is 2. The maximum atomic E-state index is 13.1. The Bertz CT molecular complexity index is 2310. The van der Waals surface area contributed by atoms with Gasteiger partial charge in [0.2, 0.25) is 0 Å². The second-order valence-corrected chi connectivity index (χ2v) is 29.9. The molecule has 0 aliphatic carbocycles. The Labute approximate surface area is 620 Å². The van der Waals surface area contributed by atoms with Crippen LogP contribution in [0.15, 0.2) is 97.2 Å². The molecular weight excluding hydrogens is 1330 g/mol. The first-order chi connectivity index (χ1) is 49.7. The molecule has 0 fully saturated rings. The van der Waals surface area contributed by atoms with E-state index in [9.17, 15) is 43.2 Å². The van der Waals surface area contributed by atoms with E-state index >= 15 is 0 Å². The van der Waals surface area contributed by atoms with Crippen molar-refractivity contribution in [2.45, 2.75) is 367 Å². The lowest BCUT2D eigenvalue weighted by Crippen LogP contribution is -2.30. The molecule has 0 saturated heterocycles. The lowest BCUT2D eigenvalue weighted by Gasteiger charge is -2.21. The first kappa shape index (κ1) is 98.0. The van der Waals surface area contributed by atoms with E-state index < -0.39 is 97.5 Å². The number of phosphoric acid groups is 2. The van der Waals surface area contributed by atoms with Crippen LogP contribution >= 0.6 is 15.6 Å². The van der Waals surface area contributed by atoms with Crippen LogP contribution in [0.5, 0.6) is 0 Å². The van der Waals surface area contributed by atoms with Gasteiger partial charge in [0.25, 0.3) is 0 Å². The molecule has 0 aliphatic heterocycles. The first-order valence-electron chi connectivity index (χ1n) is 40.5. The molecule has 0 spiro atoms. The summed E-state index contributed by atoms with van der Waals surface area (Å²) >= 11 is 0. The van der Waals surface area contributed by atoms with Gasteiger partial charge in [-0.3, -0.25) is 37.3 Å². The summed E-state index contributed by atoms with van der Waals surface area (Å²) in [4.78, 5) is 73.0. The fourth-order valence-corrected chi connectivity index (χ4v) is 12.5. The van der Waals surface area contributed by atoms with Crippen molar-refractivity contribution >= 4 is 39.5 Å². The molecule has 0 rings (SSSR count). The molecule has 19 heteroatoms. The number of hydrogen-bond acceptors (Lipinski definition) is 15. The molecule has 590 valence electrons. The van der Waals surface area contributed by atoms with E-state index in [2.05, 4.69) is 107 Å². The maximum absolute atomic E-state index is 13.1. The number of ether oxygens (including phenoxy) is 4. The Balaban J connectivity index is 5.42. The summed E-state index contributed by atoms with van der Waals surface area (Å²) in [5, 5.41) is 10.6. The Morgan fingerprint density at radius 1 is 0.284 bits per heavy atom. The quantitative estimate of drug-likeness (QED) is 0.0169. The lowest BCUT2D eigenvalue weighted by atomic mass is 10.0. The van der Waals surface area contributed by atoms with E-state index in [0.717, 1.165) is 128 Å². The Kier molecular flexibility index (Phi) is 72.3. The second kappa shape index (κ2) is 75.2. The number of allylic oxidation sites excluding steroid dienone is 16. The van der Waals surface area contributed by atoms with Gasteiger partial charge in [-0.05, 0) is 116 Å². The van der Waals surface area contributed by atoms with Crippen molar-refractivity contribution in [3.63, 3.8) is 0 Å². The molecule has 0 aromatic rings. The number of hydrogen-bond donors (Lipinski definition) is 3. The van der Waals surface area contributed by atoms with E-state index in [1.165, 1.54) is 135 Å². The number of carbonyl (C=O) groups is 4. The summed E-state index contributed by atoms with van der Waals surface area (Å²) in [6.07, 6.45) is 79.7. The van der Waals surface area contributed by atoms with Crippen LogP contribution in [0.1, 0.15) is 349 Å². The normalized spacial score (nSPS) is 14.4. The van der Waals surface area contributed by atoms with Crippen molar-refractivity contribution in [2.75, 3.05) is 39.6 Å². The zero-order chi connectivity index (χ0) is 74.6. The van der Waals surface area contributed by atoms with Crippen molar-refractivity contribution in [3.8, 4) is 0 Å². The molecule has 0 aromatic heterocycles. The molecule has 0 aliphatic rings. The average Bonchev–Trinajstić information content (AvgIpc) is 0.924. The highest BCUT2D eigenvalue weighted by Gasteiger charge is 2.30. The van der Waals surface area contributed by atoms with Crippen molar-refractivity contribution in [2.24, 2.45) is 0 Å². The summed E-state index contributed by atoms with van der Waals surface area (Å²) in [6, 6.07) is 0. The summed E-state index contributed by atoms with van der Waals surface area (Å²) in [7, 11) is -9.98. The Hall–Kier alpha value is -4.02. The zero-order valence-corrected chi connectivity index (χ0v) is 66.3. The highest BCUT2D eigenvalue weighted by molar-refractivity contribution is 7.47. The van der Waals surface area contributed by atoms with Crippen molar-refractivity contribution < 1.29 is 80.2 Å². The number of esters is 4. The van der Waals surface area contributed by atoms with Gasteiger partial charge in [-0.2, -0.15) is 0 Å². The molecule has 0 heterocycles. The number of aliphatic hydroxyl groups is 1. The fourth-order valence-electron chi connectivity index (χ4n) is 10.9. The van der Waals surface area contributed by atoms with Crippen molar-refractivity contribution in [3.05, 3.63) is 97.2 Å². The minimum atomic E-state index is -4.99. The molecule has 0 aromatic carbocycles. The third-order valence-corrected chi connectivity index (χ3v) is 18.9. The number of aliphatic hydroxyl groups excluding tert-OH is 1. The summed E-state index contributed by atoms with van der Waals surface area (Å²) < 4.78 is 68.5. The van der Waals surface area contributed by atoms with Gasteiger partial charge in [-0.25, -0.2) is 9.13 Å². The van der Waals surface area contributed by atoms with Crippen LogP contribution in [0.3, 0.4) is 0 Å². The van der Waals surface area contributed by atoms with Crippen LogP contribution in [-0.4, -0.2) is 96.7 Å². The molecule has 2 unspecified atom stereocenters. The zero-order valence-electron chi connectivity index (χ0n) is 64.5. The topological polar surface area (TPSA) is 237 Å². The standard InChI is InChI=1S/C83H146O17P2/c1-5-9-13-17-21-25-29-33-36-37-38-39-42-46-50-54-58-62-66-70-83(88)100-78(73-93-80(85)67-63-59-55-51-47-43-32-28-24-20-16-12-8-4)75-97-101(89,90)95-71-77(84)72-96-102(91,92)98-76-79(99-82(87)69-65-61-57-53-49-45-41-35-31-27-23-19-15-11-7-3)74-94-81(86)68-64-60-56-52-48-44-40-34-30-26-22-18-14-10-6-2/h9,13,21,25,33-36,38-41,46,50,58,62,77-79,84H,5-8,10-12,14-20,22-24,26-32,37,42-45,47-49,51-57,59-61,63-76H2,1-4H3,(H,89,90)(H,91,92)/b13-9-,25-21-,36-33-,39-38-,40-34-,41-35-,50-46-,62-58-/t77-,78+,79+/m0/s1. The monoisotopic (exact) mass is 1480 g/mol. The number of carbonyl (C=O) groups excluding carboxylic acids is 4. The van der Waals surface area contributed by atoms with Crippen LogP contribution in [-0.2, 0) is 65.4 Å². The summed E-state index contributed by atoms with van der Waals surface area (Å²) in [6.45, 7) is 4.69. The van der Waals surface area contributed by atoms with Gasteiger partial charge in [0.05, 0.1) is 26.4 Å². The molecule has 102 heavy (non-hydrogen) atoms. The minimum absolute atomic E-state index is 0.0286. The molecule has 17 nitrogen and oxygen atoms in total. The van der Waals surface area contributed by atoms with Gasteiger partial charge in [0, 0.05) is 25.7 Å². The predicted molar refractivity (Wildman–Crippen MR) is 418 cm³/mol. The smallest absolute Gasteiger partial charge is 0.462 e. The van der Waals surface area contributed by atoms with Gasteiger partial charge >= 0.3 is 39.5 Å². The number of rotatable bonds is 76. The molecular formula is C83H146O17P2. The lowest BCUT2D eigenvalue weighted by molar-refractivity contribution is -0.161. The van der Waals surface area contributed by atoms with Gasteiger partial charge in [-0.15, -0.1) is 0 Å². The fraction of sp³-hybridized carbons (Fsp3) is 0.759. The summed E-state index contributed by atoms with van der Waals surface area (Å²) in [5.41, 5.74) is 0. The van der Waals surface area contributed by atoms with E-state index in [1.54, 1.807) is 0 Å². The van der Waals surface area contributed by atoms with E-state index in [4.69, 9.17) is 37.0 Å². The van der Waals surface area contributed by atoms with Gasteiger partial charge in [-0.1, -0.05) is 305 Å². The molecule has 3 N–H and O–H groups in total. The van der Waals surface area contributed by atoms with Gasteiger partial charge in [0.1, 0.15) is 19.3 Å². The number of unbranched alkanes of at least 4 members (excludes halogenated alkanes) is 34. The van der Waals surface area contributed by atoms with Crippen LogP contribution in [0.4, 0.5) is 0 Å². The average molecular weight is 1480 g/mol. The maximum Gasteiger partial charge on any atom is 0.472 e. The molecule has 0 amide bonds. The third kappa shape index (κ3) is 74.3. The highest BCUT2D eigenvalue weighted by Crippen LogP contribution is 2.45. The molecule has 0 saturated carbocycles. The predicted octanol–water partition coefficient (Wildman–Crippen LogP) is 23.6. The second-order valence-electron chi connectivity index (χ2n) is 27.0. The third-order valence-electron chi connectivity index (χ3n) is 17.0. The highest BCUT2D eigenvalue weighted by atomic mass is 31.2. The Morgan fingerprint density at radius 2 is 0.529 bits per heavy atom. The largest absolute Gasteiger partial charge is 0.472 e. The van der Waals surface area contributed by atoms with Gasteiger partial charge in [0.15, 0.2) is 12.2 Å². The summed E-state index contributed by atoms with van der Waals surface area (Å²) in [5.74, 6) is -2.27. The van der Waals surface area contributed by atoms with Crippen LogP contribution < -0.4 is 0 Å². The minimum Gasteiger partial charge on any atom is -0.462 e. The van der Waals surface area contributed by atoms with Crippen molar-refractivity contribution in [1.82, 2.24) is 0 Å². The van der Waals surface area contributed by atoms with Gasteiger partial charge < -0.3 is 33.8 Å². The molecule has 0 bridgehead atoms. The van der Waals surface area contributed by atoms with Crippen LogP contribution in [0.2, 0.25) is 0 Å². The SMILES string of the molecule is CC/C=C\C/C=C\C/C=C\C/C=C\C/C=C\C/C=C\CCC(=O)O[C@H](COC(=O)CCCCCCCCCCCCCCC)COP(=O)(O)OC[C@H](O)COP(=O)(O)OC[C@@H](COC(=O)CCCCCCC/C=C\CCCCCCCC)OC(=O)CCCCCCC/C=C\CCCCCCCC.